The Labute approximate surface area is 194 Å². The minimum atomic E-state index is -1.06. The number of amides is 1. The van der Waals surface area contributed by atoms with Gasteiger partial charge in [-0.25, -0.2) is 4.98 Å². The maximum atomic E-state index is 14.7. The first-order valence-electron chi connectivity index (χ1n) is 10.3. The Kier molecular flexibility index (Phi) is 6.06. The van der Waals surface area contributed by atoms with Crippen LogP contribution in [-0.4, -0.2) is 57.9 Å². The van der Waals surface area contributed by atoms with E-state index in [4.69, 9.17) is 15.2 Å². The molecule has 4 rings (SSSR count). The minimum absolute atomic E-state index is 0.142. The van der Waals surface area contributed by atoms with E-state index in [1.807, 2.05) is 6.92 Å². The summed E-state index contributed by atoms with van der Waals surface area (Å²) >= 11 is 0. The second-order valence-electron chi connectivity index (χ2n) is 7.66. The zero-order chi connectivity index (χ0) is 24.6. The summed E-state index contributed by atoms with van der Waals surface area (Å²) in [7, 11) is 2.40. The van der Waals surface area contributed by atoms with Crippen LogP contribution in [0.2, 0.25) is 0 Å². The predicted octanol–water partition coefficient (Wildman–Crippen LogP) is 2.37. The van der Waals surface area contributed by atoms with Crippen LogP contribution in [0.1, 0.15) is 29.3 Å². The summed E-state index contributed by atoms with van der Waals surface area (Å²) in [6.07, 6.45) is 3.55. The van der Waals surface area contributed by atoms with Crippen molar-refractivity contribution < 1.29 is 23.0 Å². The third-order valence-corrected chi connectivity index (χ3v) is 5.64. The molecule has 9 nitrogen and oxygen atoms in total. The predicted molar refractivity (Wildman–Crippen MR) is 120 cm³/mol. The highest BCUT2D eigenvalue weighted by molar-refractivity contribution is 5.95. The average molecular weight is 468 g/mol. The minimum Gasteiger partial charge on any atom is -0.479 e. The van der Waals surface area contributed by atoms with Crippen molar-refractivity contribution in [2.75, 3.05) is 33.0 Å². The topological polar surface area (TPSA) is 108 Å². The van der Waals surface area contributed by atoms with Gasteiger partial charge in [0.1, 0.15) is 17.1 Å². The first-order valence-corrected chi connectivity index (χ1v) is 10.3. The molecule has 1 unspecified atom stereocenters. The number of rotatable bonds is 4. The molecule has 0 aliphatic carbocycles. The van der Waals surface area contributed by atoms with Crippen LogP contribution >= 0.6 is 0 Å². The summed E-state index contributed by atoms with van der Waals surface area (Å²) in [6.45, 7) is 6.36. The quantitative estimate of drug-likeness (QED) is 0.463. The number of carbonyl (C=O) groups excluding carboxylic acids is 1. The Bertz CT molecular complexity index is 1350. The molecule has 1 amide bonds. The van der Waals surface area contributed by atoms with Gasteiger partial charge in [-0.05, 0) is 30.9 Å². The molecular formula is C23H22F2N6O3. The summed E-state index contributed by atoms with van der Waals surface area (Å²) in [6, 6.07) is -0.142. The van der Waals surface area contributed by atoms with Gasteiger partial charge in [0.25, 0.3) is 11.8 Å². The monoisotopic (exact) mass is 468 g/mol. The molecule has 0 radical (unpaired) electrons. The van der Waals surface area contributed by atoms with E-state index in [2.05, 4.69) is 33.5 Å². The molecule has 176 valence electrons. The molecule has 1 aliphatic heterocycles. The largest absolute Gasteiger partial charge is 0.479 e. The second kappa shape index (κ2) is 8.97. The zero-order valence-electron chi connectivity index (χ0n) is 18.9. The van der Waals surface area contributed by atoms with Gasteiger partial charge in [-0.2, -0.15) is 18.9 Å². The number of anilines is 1. The fourth-order valence-electron chi connectivity index (χ4n) is 3.97. The first kappa shape index (κ1) is 23.0. The SMILES string of the molecule is C=CC(=O)N1CCC(n2nc(C#Cc3c(F)c(OC)nc(OC)c3F)c3c(N)ncc(C)c32)C1. The van der Waals surface area contributed by atoms with Crippen LogP contribution in [0.15, 0.2) is 18.9 Å². The number of halogens is 2. The van der Waals surface area contributed by atoms with Crippen LogP contribution in [0.4, 0.5) is 14.6 Å². The average Bonchev–Trinajstić information content (AvgIpc) is 3.47. The smallest absolute Gasteiger partial charge is 0.254 e. The molecule has 2 N–H and O–H groups in total. The highest BCUT2D eigenvalue weighted by Gasteiger charge is 2.29. The number of pyridine rings is 2. The maximum absolute atomic E-state index is 14.7. The zero-order valence-corrected chi connectivity index (χ0v) is 18.9. The number of fused-ring (bicyclic) bond motifs is 1. The molecule has 3 aromatic heterocycles. The molecule has 1 atom stereocenters. The van der Waals surface area contributed by atoms with Gasteiger partial charge in [0.05, 0.1) is 31.2 Å². The van der Waals surface area contributed by atoms with E-state index in [0.29, 0.717) is 30.4 Å². The van der Waals surface area contributed by atoms with Crippen LogP contribution in [-0.2, 0) is 4.79 Å². The van der Waals surface area contributed by atoms with E-state index >= 15 is 0 Å². The van der Waals surface area contributed by atoms with Gasteiger partial charge in [-0.1, -0.05) is 12.5 Å². The standard InChI is InChI=1S/C23H22F2N6O3/c1-5-16(32)30-9-8-13(11-30)31-20-12(2)10-27-21(26)17(20)15(29-31)7-6-14-18(24)22(33-3)28-23(34-4)19(14)25/h5,10,13H,1,8-9,11H2,2-4H3,(H2,26,27). The molecule has 4 heterocycles. The molecule has 1 saturated heterocycles. The number of nitrogen functional groups attached to an aromatic ring is 1. The van der Waals surface area contributed by atoms with Gasteiger partial charge in [0.2, 0.25) is 17.5 Å². The number of methoxy groups -OCH3 is 2. The van der Waals surface area contributed by atoms with Crippen molar-refractivity contribution in [1.29, 1.82) is 0 Å². The summed E-state index contributed by atoms with van der Waals surface area (Å²) < 4.78 is 40.9. The van der Waals surface area contributed by atoms with Gasteiger partial charge in [0.15, 0.2) is 0 Å². The third-order valence-electron chi connectivity index (χ3n) is 5.64. The maximum Gasteiger partial charge on any atom is 0.254 e. The lowest BCUT2D eigenvalue weighted by atomic mass is 10.1. The Morgan fingerprint density at radius 3 is 2.56 bits per heavy atom. The second-order valence-corrected chi connectivity index (χ2v) is 7.66. The van der Waals surface area contributed by atoms with E-state index in [1.54, 1.807) is 15.8 Å². The van der Waals surface area contributed by atoms with E-state index in [0.717, 1.165) is 5.56 Å². The van der Waals surface area contributed by atoms with E-state index in [1.165, 1.54) is 20.3 Å². The van der Waals surface area contributed by atoms with Crippen LogP contribution < -0.4 is 15.2 Å². The van der Waals surface area contributed by atoms with Crippen molar-refractivity contribution in [2.24, 2.45) is 0 Å². The molecule has 0 bridgehead atoms. The fourth-order valence-corrected chi connectivity index (χ4v) is 3.97. The lowest BCUT2D eigenvalue weighted by Gasteiger charge is -2.15. The molecule has 1 aliphatic rings. The molecule has 0 aromatic carbocycles. The molecule has 0 spiro atoms. The van der Waals surface area contributed by atoms with E-state index in [9.17, 15) is 13.6 Å². The van der Waals surface area contributed by atoms with Crippen molar-refractivity contribution in [3.05, 3.63) is 47.3 Å². The van der Waals surface area contributed by atoms with Crippen molar-refractivity contribution in [1.82, 2.24) is 24.6 Å². The number of ether oxygens (including phenoxy) is 2. The highest BCUT2D eigenvalue weighted by Crippen LogP contribution is 2.32. The van der Waals surface area contributed by atoms with Gasteiger partial charge in [-0.15, -0.1) is 0 Å². The van der Waals surface area contributed by atoms with Crippen LogP contribution in [0.25, 0.3) is 10.9 Å². The Morgan fingerprint density at radius 2 is 1.94 bits per heavy atom. The van der Waals surface area contributed by atoms with Gasteiger partial charge in [-0.3, -0.25) is 9.48 Å². The number of hydrogen-bond donors (Lipinski definition) is 1. The van der Waals surface area contributed by atoms with Crippen molar-refractivity contribution in [3.8, 4) is 23.6 Å². The van der Waals surface area contributed by atoms with Gasteiger partial charge < -0.3 is 20.1 Å². The Balaban J connectivity index is 1.86. The molecule has 34 heavy (non-hydrogen) atoms. The Morgan fingerprint density at radius 1 is 1.26 bits per heavy atom. The van der Waals surface area contributed by atoms with Crippen LogP contribution in [0, 0.1) is 30.4 Å². The first-order chi connectivity index (χ1) is 16.3. The number of aromatic nitrogens is 4. The normalized spacial score (nSPS) is 15.2. The van der Waals surface area contributed by atoms with Crippen LogP contribution in [0.5, 0.6) is 11.8 Å². The molecule has 0 saturated carbocycles. The number of aryl methyl sites for hydroxylation is 1. The van der Waals surface area contributed by atoms with E-state index < -0.39 is 29.0 Å². The van der Waals surface area contributed by atoms with Gasteiger partial charge in [0, 0.05) is 19.3 Å². The van der Waals surface area contributed by atoms with Crippen LogP contribution in [0.3, 0.4) is 0 Å². The summed E-state index contributed by atoms with van der Waals surface area (Å²) in [5, 5.41) is 5.08. The third kappa shape index (κ3) is 3.77. The number of likely N-dealkylation sites (tertiary alicyclic amines) is 1. The number of nitrogens with two attached hydrogens (primary N) is 1. The van der Waals surface area contributed by atoms with Crippen molar-refractivity contribution >= 4 is 22.6 Å². The number of carbonyl (C=O) groups is 1. The lowest BCUT2D eigenvalue weighted by molar-refractivity contribution is -0.125. The summed E-state index contributed by atoms with van der Waals surface area (Å²) in [5.74, 6) is 2.21. The number of hydrogen-bond acceptors (Lipinski definition) is 7. The lowest BCUT2D eigenvalue weighted by Crippen LogP contribution is -2.27. The Hall–Kier alpha value is -4.20. The molecular weight excluding hydrogens is 446 g/mol. The van der Waals surface area contributed by atoms with Crippen molar-refractivity contribution in [3.63, 3.8) is 0 Å². The highest BCUT2D eigenvalue weighted by atomic mass is 19.1. The van der Waals surface area contributed by atoms with Gasteiger partial charge >= 0.3 is 0 Å². The molecule has 1 fully saturated rings. The summed E-state index contributed by atoms with van der Waals surface area (Å²) in [5.41, 5.74) is 7.26. The summed E-state index contributed by atoms with van der Waals surface area (Å²) in [4.78, 5) is 21.5. The molecule has 11 heteroatoms. The van der Waals surface area contributed by atoms with E-state index in [-0.39, 0.29) is 23.5 Å². The fraction of sp³-hybridized carbons (Fsp3) is 0.304. The molecule has 3 aromatic rings. The number of nitrogens with zero attached hydrogens (tertiary/aromatic N) is 5. The van der Waals surface area contributed by atoms with Crippen molar-refractivity contribution in [2.45, 2.75) is 19.4 Å².